The summed E-state index contributed by atoms with van der Waals surface area (Å²) in [4.78, 5) is 23.4. The van der Waals surface area contributed by atoms with E-state index >= 15 is 0 Å². The van der Waals surface area contributed by atoms with Gasteiger partial charge in [0.15, 0.2) is 0 Å². The summed E-state index contributed by atoms with van der Waals surface area (Å²) in [5, 5.41) is 5.27. The minimum Gasteiger partial charge on any atom is -0.348 e. The first-order valence-corrected chi connectivity index (χ1v) is 7.27. The molecule has 0 spiro atoms. The highest BCUT2D eigenvalue weighted by Gasteiger charge is 2.30. The zero-order valence-electron chi connectivity index (χ0n) is 13.5. The molecule has 128 valence electrons. The molecule has 0 saturated carbocycles. The molecule has 0 heterocycles. The number of carbonyl (C=O) groups excluding carboxylic acids is 2. The second-order valence-electron chi connectivity index (χ2n) is 5.77. The first-order chi connectivity index (χ1) is 10.5. The third-order valence-corrected chi connectivity index (χ3v) is 3.40. The van der Waals surface area contributed by atoms with Crippen LogP contribution in [0.3, 0.4) is 0 Å². The molecule has 7 heteroatoms. The molecule has 4 nitrogen and oxygen atoms in total. The molecule has 2 N–H and O–H groups in total. The predicted octanol–water partition coefficient (Wildman–Crippen LogP) is 3.04. The molecular weight excluding hydrogens is 309 g/mol. The van der Waals surface area contributed by atoms with Crippen molar-refractivity contribution in [3.63, 3.8) is 0 Å². The van der Waals surface area contributed by atoms with Crippen molar-refractivity contribution < 1.29 is 22.8 Å². The number of amides is 2. The first kappa shape index (κ1) is 19.0. The van der Waals surface area contributed by atoms with Gasteiger partial charge >= 0.3 is 6.18 Å². The largest absolute Gasteiger partial charge is 0.416 e. The molecular formula is C16H21F3N2O2. The molecule has 1 rings (SSSR count). The quantitative estimate of drug-likeness (QED) is 0.872. The van der Waals surface area contributed by atoms with Gasteiger partial charge in [0.25, 0.3) is 0 Å². The van der Waals surface area contributed by atoms with Crippen molar-refractivity contribution in [3.05, 3.63) is 35.4 Å². The normalized spacial score (nSPS) is 14.3. The van der Waals surface area contributed by atoms with Crippen LogP contribution < -0.4 is 10.6 Å². The van der Waals surface area contributed by atoms with Crippen molar-refractivity contribution in [1.29, 1.82) is 0 Å². The number of halogens is 3. The van der Waals surface area contributed by atoms with E-state index in [0.29, 0.717) is 5.56 Å². The molecule has 0 aliphatic heterocycles. The van der Waals surface area contributed by atoms with Crippen molar-refractivity contribution in [2.75, 3.05) is 0 Å². The summed E-state index contributed by atoms with van der Waals surface area (Å²) in [7, 11) is 0. The van der Waals surface area contributed by atoms with Gasteiger partial charge in [-0.15, -0.1) is 0 Å². The van der Waals surface area contributed by atoms with Crippen LogP contribution in [0.15, 0.2) is 24.3 Å². The Morgan fingerprint density at radius 1 is 1.00 bits per heavy atom. The van der Waals surface area contributed by atoms with Crippen LogP contribution in [0.1, 0.15) is 44.9 Å². The van der Waals surface area contributed by atoms with Gasteiger partial charge in [0.05, 0.1) is 11.6 Å². The fourth-order valence-corrected chi connectivity index (χ4v) is 2.10. The van der Waals surface area contributed by atoms with E-state index in [0.717, 1.165) is 12.1 Å². The van der Waals surface area contributed by atoms with E-state index in [1.54, 1.807) is 20.8 Å². The minimum atomic E-state index is -4.39. The lowest BCUT2D eigenvalue weighted by molar-refractivity contribution is -0.137. The van der Waals surface area contributed by atoms with E-state index in [-0.39, 0.29) is 17.7 Å². The van der Waals surface area contributed by atoms with Crippen molar-refractivity contribution in [1.82, 2.24) is 10.6 Å². The number of alkyl halides is 3. The van der Waals surface area contributed by atoms with Crippen molar-refractivity contribution in [2.24, 2.45) is 5.92 Å². The smallest absolute Gasteiger partial charge is 0.348 e. The van der Waals surface area contributed by atoms with E-state index in [9.17, 15) is 22.8 Å². The van der Waals surface area contributed by atoms with Crippen molar-refractivity contribution in [2.45, 2.75) is 46.0 Å². The Morgan fingerprint density at radius 2 is 1.52 bits per heavy atom. The highest BCUT2D eigenvalue weighted by Crippen LogP contribution is 2.29. The SMILES string of the molecule is CC(=O)NC(C(=O)NC(C)c1ccc(C(F)(F)F)cc1)C(C)C. The summed E-state index contributed by atoms with van der Waals surface area (Å²) >= 11 is 0. The molecule has 0 bridgehead atoms. The lowest BCUT2D eigenvalue weighted by Crippen LogP contribution is -2.49. The number of hydrogen-bond donors (Lipinski definition) is 2. The number of carbonyl (C=O) groups is 2. The molecule has 0 saturated heterocycles. The van der Waals surface area contributed by atoms with Gasteiger partial charge in [0.1, 0.15) is 6.04 Å². The summed E-state index contributed by atoms with van der Waals surface area (Å²) in [5.74, 6) is -0.803. The maximum Gasteiger partial charge on any atom is 0.416 e. The van der Waals surface area contributed by atoms with Crippen LogP contribution in [0.5, 0.6) is 0 Å². The highest BCUT2D eigenvalue weighted by molar-refractivity contribution is 5.87. The molecule has 0 aromatic heterocycles. The average molecular weight is 330 g/mol. The highest BCUT2D eigenvalue weighted by atomic mass is 19.4. The zero-order chi connectivity index (χ0) is 17.8. The van der Waals surface area contributed by atoms with Crippen LogP contribution in [0.2, 0.25) is 0 Å². The number of hydrogen-bond acceptors (Lipinski definition) is 2. The lowest BCUT2D eigenvalue weighted by Gasteiger charge is -2.23. The van der Waals surface area contributed by atoms with Gasteiger partial charge in [0, 0.05) is 6.92 Å². The van der Waals surface area contributed by atoms with Gasteiger partial charge in [-0.3, -0.25) is 9.59 Å². The Bertz CT molecular complexity index is 553. The third kappa shape index (κ3) is 5.58. The van der Waals surface area contributed by atoms with Gasteiger partial charge in [-0.05, 0) is 30.5 Å². The van der Waals surface area contributed by atoms with Gasteiger partial charge in [-0.2, -0.15) is 13.2 Å². The maximum absolute atomic E-state index is 12.5. The summed E-state index contributed by atoms with van der Waals surface area (Å²) in [5.41, 5.74) is -0.185. The number of nitrogens with one attached hydrogen (secondary N) is 2. The molecule has 0 aliphatic carbocycles. The summed E-state index contributed by atoms with van der Waals surface area (Å²) in [6.07, 6.45) is -4.39. The molecule has 2 unspecified atom stereocenters. The van der Waals surface area contributed by atoms with Gasteiger partial charge in [-0.25, -0.2) is 0 Å². The Kier molecular flexibility index (Phi) is 6.18. The van der Waals surface area contributed by atoms with Crippen LogP contribution in [-0.4, -0.2) is 17.9 Å². The molecule has 23 heavy (non-hydrogen) atoms. The zero-order valence-corrected chi connectivity index (χ0v) is 13.5. The van der Waals surface area contributed by atoms with Crippen LogP contribution >= 0.6 is 0 Å². The average Bonchev–Trinajstić information content (AvgIpc) is 2.43. The van der Waals surface area contributed by atoms with Crippen LogP contribution in [0, 0.1) is 5.92 Å². The van der Waals surface area contributed by atoms with Gasteiger partial charge in [0.2, 0.25) is 11.8 Å². The number of benzene rings is 1. The monoisotopic (exact) mass is 330 g/mol. The second-order valence-corrected chi connectivity index (χ2v) is 5.77. The first-order valence-electron chi connectivity index (χ1n) is 7.27. The van der Waals surface area contributed by atoms with E-state index < -0.39 is 23.8 Å². The second kappa shape index (κ2) is 7.48. The molecule has 1 aromatic carbocycles. The Morgan fingerprint density at radius 3 is 1.91 bits per heavy atom. The van der Waals surface area contributed by atoms with E-state index in [4.69, 9.17) is 0 Å². The minimum absolute atomic E-state index is 0.112. The Hall–Kier alpha value is -2.05. The Labute approximate surface area is 133 Å². The van der Waals surface area contributed by atoms with Crippen LogP contribution in [-0.2, 0) is 15.8 Å². The fourth-order valence-electron chi connectivity index (χ4n) is 2.10. The third-order valence-electron chi connectivity index (χ3n) is 3.40. The van der Waals surface area contributed by atoms with Gasteiger partial charge in [-0.1, -0.05) is 26.0 Å². The molecule has 2 amide bonds. The van der Waals surface area contributed by atoms with E-state index in [2.05, 4.69) is 10.6 Å². The predicted molar refractivity (Wildman–Crippen MR) is 80.4 cm³/mol. The fraction of sp³-hybridized carbons (Fsp3) is 0.500. The molecule has 0 aliphatic rings. The lowest BCUT2D eigenvalue weighted by atomic mass is 10.0. The Balaban J connectivity index is 2.79. The van der Waals surface area contributed by atoms with Crippen molar-refractivity contribution in [3.8, 4) is 0 Å². The molecule has 2 atom stereocenters. The van der Waals surface area contributed by atoms with Crippen molar-refractivity contribution >= 4 is 11.8 Å². The topological polar surface area (TPSA) is 58.2 Å². The summed E-state index contributed by atoms with van der Waals surface area (Å²) in [6.45, 7) is 6.58. The van der Waals surface area contributed by atoms with E-state index in [1.165, 1.54) is 19.1 Å². The van der Waals surface area contributed by atoms with E-state index in [1.807, 2.05) is 0 Å². The molecule has 0 radical (unpaired) electrons. The van der Waals surface area contributed by atoms with Gasteiger partial charge < -0.3 is 10.6 Å². The standard InChI is InChI=1S/C16H21F3N2O2/c1-9(2)14(21-11(4)22)15(23)20-10(3)12-5-7-13(8-6-12)16(17,18)19/h5-10,14H,1-4H3,(H,20,23)(H,21,22). The summed E-state index contributed by atoms with van der Waals surface area (Å²) < 4.78 is 37.6. The molecule has 1 aromatic rings. The van der Waals surface area contributed by atoms with Crippen LogP contribution in [0.4, 0.5) is 13.2 Å². The maximum atomic E-state index is 12.5. The molecule has 0 fully saturated rings. The summed E-state index contributed by atoms with van der Waals surface area (Å²) in [6, 6.07) is 3.45. The number of rotatable bonds is 5. The van der Waals surface area contributed by atoms with Crippen LogP contribution in [0.25, 0.3) is 0 Å².